The van der Waals surface area contributed by atoms with Crippen molar-refractivity contribution >= 4 is 11.8 Å². The lowest BCUT2D eigenvalue weighted by Gasteiger charge is -2.22. The van der Waals surface area contributed by atoms with Gasteiger partial charge in [0.15, 0.2) is 5.82 Å². The van der Waals surface area contributed by atoms with Crippen molar-refractivity contribution in [1.82, 2.24) is 15.2 Å². The van der Waals surface area contributed by atoms with Gasteiger partial charge in [-0.2, -0.15) is 10.1 Å². The van der Waals surface area contributed by atoms with Crippen LogP contribution in [0.4, 0.5) is 11.8 Å². The Labute approximate surface area is 126 Å². The lowest BCUT2D eigenvalue weighted by molar-refractivity contribution is 0.739. The minimum atomic E-state index is 0.339. The van der Waals surface area contributed by atoms with Crippen LogP contribution < -0.4 is 10.2 Å². The van der Waals surface area contributed by atoms with Crippen LogP contribution in [0, 0.1) is 0 Å². The van der Waals surface area contributed by atoms with Gasteiger partial charge in [0.1, 0.15) is 0 Å². The Hall–Kier alpha value is -2.17. The van der Waals surface area contributed by atoms with Crippen molar-refractivity contribution in [3.63, 3.8) is 0 Å². The molecule has 0 saturated heterocycles. The molecule has 1 aromatic carbocycles. The summed E-state index contributed by atoms with van der Waals surface area (Å²) in [6, 6.07) is 10.7. The average molecular weight is 285 g/mol. The maximum Gasteiger partial charge on any atom is 0.244 e. The van der Waals surface area contributed by atoms with Crippen molar-refractivity contribution in [2.24, 2.45) is 0 Å². The Morgan fingerprint density at radius 3 is 2.62 bits per heavy atom. The first-order valence-electron chi connectivity index (χ1n) is 7.48. The van der Waals surface area contributed by atoms with Crippen LogP contribution in [0.5, 0.6) is 0 Å². The summed E-state index contributed by atoms with van der Waals surface area (Å²) < 4.78 is 0. The second-order valence-electron chi connectivity index (χ2n) is 5.09. The summed E-state index contributed by atoms with van der Waals surface area (Å²) in [5, 5.41) is 11.4. The SMILES string of the molecule is CCC(C)Nc1nncc(N(CC)Cc2ccccc2)n1. The highest BCUT2D eigenvalue weighted by Crippen LogP contribution is 2.15. The van der Waals surface area contributed by atoms with Gasteiger partial charge in [-0.15, -0.1) is 5.10 Å². The molecule has 1 heterocycles. The normalized spacial score (nSPS) is 12.0. The van der Waals surface area contributed by atoms with Gasteiger partial charge in [0.25, 0.3) is 0 Å². The van der Waals surface area contributed by atoms with E-state index >= 15 is 0 Å². The minimum Gasteiger partial charge on any atom is -0.351 e. The van der Waals surface area contributed by atoms with Gasteiger partial charge < -0.3 is 10.2 Å². The lowest BCUT2D eigenvalue weighted by atomic mass is 10.2. The molecule has 0 fully saturated rings. The van der Waals surface area contributed by atoms with Gasteiger partial charge in [-0.25, -0.2) is 0 Å². The Kier molecular flexibility index (Phi) is 5.49. The first-order chi connectivity index (χ1) is 10.2. The van der Waals surface area contributed by atoms with Gasteiger partial charge >= 0.3 is 0 Å². The van der Waals surface area contributed by atoms with E-state index in [-0.39, 0.29) is 0 Å². The Morgan fingerprint density at radius 2 is 1.95 bits per heavy atom. The number of nitrogens with zero attached hydrogens (tertiary/aromatic N) is 4. The van der Waals surface area contributed by atoms with Gasteiger partial charge in [-0.3, -0.25) is 0 Å². The summed E-state index contributed by atoms with van der Waals surface area (Å²) in [5.41, 5.74) is 1.26. The molecule has 0 spiro atoms. The van der Waals surface area contributed by atoms with Crippen LogP contribution >= 0.6 is 0 Å². The van der Waals surface area contributed by atoms with Crippen LogP contribution in [0.2, 0.25) is 0 Å². The summed E-state index contributed by atoms with van der Waals surface area (Å²) in [5.74, 6) is 1.44. The maximum absolute atomic E-state index is 4.57. The summed E-state index contributed by atoms with van der Waals surface area (Å²) in [4.78, 5) is 6.76. The fraction of sp³-hybridized carbons (Fsp3) is 0.438. The van der Waals surface area contributed by atoms with Crippen molar-refractivity contribution < 1.29 is 0 Å². The number of rotatable bonds is 7. The molecule has 112 valence electrons. The summed E-state index contributed by atoms with van der Waals surface area (Å²) in [6.07, 6.45) is 2.74. The summed E-state index contributed by atoms with van der Waals surface area (Å²) >= 11 is 0. The molecular weight excluding hydrogens is 262 g/mol. The van der Waals surface area contributed by atoms with Gasteiger partial charge in [-0.05, 0) is 25.8 Å². The first-order valence-corrected chi connectivity index (χ1v) is 7.48. The van der Waals surface area contributed by atoms with E-state index in [0.717, 1.165) is 25.3 Å². The zero-order valence-electron chi connectivity index (χ0n) is 13.0. The van der Waals surface area contributed by atoms with E-state index in [0.29, 0.717) is 12.0 Å². The number of hydrogen-bond acceptors (Lipinski definition) is 5. The molecule has 0 aliphatic heterocycles. The molecular formula is C16H23N5. The van der Waals surface area contributed by atoms with Gasteiger partial charge in [0.2, 0.25) is 5.95 Å². The van der Waals surface area contributed by atoms with Crippen molar-refractivity contribution in [1.29, 1.82) is 0 Å². The topological polar surface area (TPSA) is 53.9 Å². The van der Waals surface area contributed by atoms with Crippen LogP contribution in [0.1, 0.15) is 32.8 Å². The fourth-order valence-corrected chi connectivity index (χ4v) is 1.99. The van der Waals surface area contributed by atoms with E-state index in [9.17, 15) is 0 Å². The zero-order chi connectivity index (χ0) is 15.1. The fourth-order valence-electron chi connectivity index (χ4n) is 1.99. The van der Waals surface area contributed by atoms with E-state index in [1.807, 2.05) is 6.07 Å². The van der Waals surface area contributed by atoms with Crippen molar-refractivity contribution in [3.05, 3.63) is 42.1 Å². The van der Waals surface area contributed by atoms with E-state index in [1.54, 1.807) is 6.20 Å². The Bertz CT molecular complexity index is 543. The molecule has 0 bridgehead atoms. The third kappa shape index (κ3) is 4.41. The molecule has 1 aromatic heterocycles. The number of aromatic nitrogens is 3. The molecule has 0 saturated carbocycles. The quantitative estimate of drug-likeness (QED) is 0.847. The Morgan fingerprint density at radius 1 is 1.19 bits per heavy atom. The second kappa shape index (κ2) is 7.57. The standard InChI is InChI=1S/C16H23N5/c1-4-13(3)18-16-19-15(11-17-20-16)21(5-2)12-14-9-7-6-8-10-14/h6-11,13H,4-5,12H2,1-3H3,(H,18,19,20). The third-order valence-corrected chi connectivity index (χ3v) is 3.46. The first kappa shape index (κ1) is 15.2. The molecule has 1 unspecified atom stereocenters. The minimum absolute atomic E-state index is 0.339. The molecule has 5 nitrogen and oxygen atoms in total. The largest absolute Gasteiger partial charge is 0.351 e. The molecule has 21 heavy (non-hydrogen) atoms. The van der Waals surface area contributed by atoms with Crippen LogP contribution in [-0.2, 0) is 6.54 Å². The highest BCUT2D eigenvalue weighted by molar-refractivity contribution is 5.41. The average Bonchev–Trinajstić information content (AvgIpc) is 2.53. The monoisotopic (exact) mass is 285 g/mol. The van der Waals surface area contributed by atoms with E-state index in [4.69, 9.17) is 0 Å². The molecule has 0 amide bonds. The highest BCUT2D eigenvalue weighted by atomic mass is 15.3. The van der Waals surface area contributed by atoms with E-state index in [2.05, 4.69) is 70.4 Å². The molecule has 0 aliphatic rings. The predicted octanol–water partition coefficient (Wildman–Crippen LogP) is 3.11. The van der Waals surface area contributed by atoms with Crippen LogP contribution in [-0.4, -0.2) is 27.8 Å². The van der Waals surface area contributed by atoms with E-state index in [1.165, 1.54) is 5.56 Å². The van der Waals surface area contributed by atoms with Crippen LogP contribution in [0.3, 0.4) is 0 Å². The molecule has 1 atom stereocenters. The number of nitrogens with one attached hydrogen (secondary N) is 1. The van der Waals surface area contributed by atoms with Gasteiger partial charge in [0.05, 0.1) is 6.20 Å². The molecule has 5 heteroatoms. The third-order valence-electron chi connectivity index (χ3n) is 3.46. The zero-order valence-corrected chi connectivity index (χ0v) is 13.0. The summed E-state index contributed by atoms with van der Waals surface area (Å²) in [7, 11) is 0. The lowest BCUT2D eigenvalue weighted by Crippen LogP contribution is -2.24. The molecule has 0 radical (unpaired) electrons. The van der Waals surface area contributed by atoms with Crippen LogP contribution in [0.15, 0.2) is 36.5 Å². The highest BCUT2D eigenvalue weighted by Gasteiger charge is 2.10. The second-order valence-corrected chi connectivity index (χ2v) is 5.09. The number of hydrogen-bond donors (Lipinski definition) is 1. The maximum atomic E-state index is 4.57. The van der Waals surface area contributed by atoms with Gasteiger partial charge in [0, 0.05) is 19.1 Å². The molecule has 2 rings (SSSR count). The van der Waals surface area contributed by atoms with Crippen molar-refractivity contribution in [3.8, 4) is 0 Å². The van der Waals surface area contributed by atoms with Crippen LogP contribution in [0.25, 0.3) is 0 Å². The van der Waals surface area contributed by atoms with Crippen molar-refractivity contribution in [2.45, 2.75) is 39.8 Å². The van der Waals surface area contributed by atoms with E-state index < -0.39 is 0 Å². The number of anilines is 2. The molecule has 2 aromatic rings. The van der Waals surface area contributed by atoms with Crippen molar-refractivity contribution in [2.75, 3.05) is 16.8 Å². The molecule has 1 N–H and O–H groups in total. The summed E-state index contributed by atoms with van der Waals surface area (Å²) in [6.45, 7) is 8.04. The smallest absolute Gasteiger partial charge is 0.244 e. The predicted molar refractivity (Wildman–Crippen MR) is 86.4 cm³/mol. The Balaban J connectivity index is 2.12. The molecule has 0 aliphatic carbocycles. The number of benzene rings is 1. The van der Waals surface area contributed by atoms with Gasteiger partial charge in [-0.1, -0.05) is 37.3 Å².